The van der Waals surface area contributed by atoms with Gasteiger partial charge in [-0.15, -0.1) is 29.1 Å². The second-order valence-electron chi connectivity index (χ2n) is 16.5. The summed E-state index contributed by atoms with van der Waals surface area (Å²) in [4.78, 5) is 10.0. The Bertz CT molecular complexity index is 2040. The van der Waals surface area contributed by atoms with E-state index in [1.54, 1.807) is 0 Å². The molecule has 1 aliphatic heterocycles. The Kier molecular flexibility index (Phi) is 9.41. The van der Waals surface area contributed by atoms with Gasteiger partial charge in [-0.1, -0.05) is 104 Å². The van der Waals surface area contributed by atoms with E-state index in [1.165, 1.54) is 42.2 Å². The van der Waals surface area contributed by atoms with Crippen LogP contribution in [0.3, 0.4) is 0 Å². The number of rotatable bonds is 6. The second-order valence-corrected chi connectivity index (χ2v) is 16.5. The summed E-state index contributed by atoms with van der Waals surface area (Å²) in [6, 6.07) is 26.7. The van der Waals surface area contributed by atoms with Crippen LogP contribution < -0.4 is 4.74 Å². The van der Waals surface area contributed by atoms with Gasteiger partial charge >= 0.3 is 21.1 Å². The van der Waals surface area contributed by atoms with Crippen LogP contribution in [-0.4, -0.2) is 27.6 Å². The Morgan fingerprint density at radius 3 is 2.27 bits per heavy atom. The van der Waals surface area contributed by atoms with Crippen molar-refractivity contribution in [2.45, 2.75) is 110 Å². The van der Waals surface area contributed by atoms with Crippen molar-refractivity contribution in [1.29, 1.82) is 0 Å². The fraction of sp³-hybridized carbons (Fsp3) is 0.442. The van der Waals surface area contributed by atoms with E-state index in [2.05, 4.69) is 128 Å². The van der Waals surface area contributed by atoms with Crippen molar-refractivity contribution in [3.63, 3.8) is 0 Å². The summed E-state index contributed by atoms with van der Waals surface area (Å²) in [7, 11) is 0. The molecular formula is C43H49N3O2Pt. The Balaban J connectivity index is 0.00000417. The number of ether oxygens (including phenoxy) is 2. The maximum Gasteiger partial charge on any atom is 2.00 e. The zero-order valence-corrected chi connectivity index (χ0v) is 32.7. The molecule has 1 aliphatic carbocycles. The average Bonchev–Trinajstić information content (AvgIpc) is 3.78. The first-order chi connectivity index (χ1) is 22.7. The van der Waals surface area contributed by atoms with Gasteiger partial charge in [-0.2, -0.15) is 6.07 Å². The van der Waals surface area contributed by atoms with Gasteiger partial charge in [-0.05, 0) is 77.1 Å². The van der Waals surface area contributed by atoms with E-state index < -0.39 is 0 Å². The van der Waals surface area contributed by atoms with Gasteiger partial charge in [-0.3, -0.25) is 4.99 Å². The van der Waals surface area contributed by atoms with Crippen molar-refractivity contribution in [3.8, 4) is 17.3 Å². The second kappa shape index (κ2) is 13.0. The Labute approximate surface area is 306 Å². The minimum atomic E-state index is -0.175. The van der Waals surface area contributed by atoms with Gasteiger partial charge < -0.3 is 14.0 Å². The van der Waals surface area contributed by atoms with Gasteiger partial charge in [0.1, 0.15) is 18.3 Å². The quantitative estimate of drug-likeness (QED) is 0.160. The normalized spacial score (nSPS) is 18.6. The first-order valence-electron chi connectivity index (χ1n) is 17.7. The molecule has 0 radical (unpaired) electrons. The molecule has 0 bridgehead atoms. The van der Waals surface area contributed by atoms with E-state index in [4.69, 9.17) is 19.5 Å². The molecule has 6 heteroatoms. The van der Waals surface area contributed by atoms with Crippen molar-refractivity contribution in [2.24, 2.45) is 10.9 Å². The standard InChI is InChI=1S/C43H49N3O2.Pt/c1-27(2)28-20-29(40-45-43(9,26-47-40)30-12-10-11-13-30)22-34(21-28)48-33-15-16-35-36-23-31(41(3,4)5)14-17-37(36)46(38(35)25-33)39-24-32(18-19-44-39)42(6,7)8;/h14-21,23-24,27,30H,10-13,26H2,1-9H3;/q-2;+2/t43-;/m0./s1. The molecule has 7 rings (SSSR count). The zero-order chi connectivity index (χ0) is 34.0. The molecule has 0 saturated heterocycles. The van der Waals surface area contributed by atoms with Crippen LogP contribution in [0, 0.1) is 18.1 Å². The molecule has 5 nitrogen and oxygen atoms in total. The average molecular weight is 835 g/mol. The number of fused-ring (bicyclic) bond motifs is 3. The van der Waals surface area contributed by atoms with Crippen LogP contribution in [0.25, 0.3) is 27.6 Å². The van der Waals surface area contributed by atoms with Gasteiger partial charge in [0.05, 0.1) is 5.54 Å². The van der Waals surface area contributed by atoms with E-state index in [0.29, 0.717) is 35.8 Å². The number of aromatic nitrogens is 2. The molecule has 2 aromatic heterocycles. The number of pyridine rings is 1. The van der Waals surface area contributed by atoms with Crippen LogP contribution in [0.15, 0.2) is 65.8 Å². The van der Waals surface area contributed by atoms with Crippen molar-refractivity contribution in [1.82, 2.24) is 9.55 Å². The molecule has 0 N–H and O–H groups in total. The summed E-state index contributed by atoms with van der Waals surface area (Å²) in [6.07, 6.45) is 6.94. The smallest absolute Gasteiger partial charge is 0.518 e. The maximum atomic E-state index is 6.62. The van der Waals surface area contributed by atoms with Crippen LogP contribution in [-0.2, 0) is 36.6 Å². The summed E-state index contributed by atoms with van der Waals surface area (Å²) in [5.74, 6) is 3.69. The summed E-state index contributed by atoms with van der Waals surface area (Å²) in [6.45, 7) is 20.7. The minimum Gasteiger partial charge on any atom is -0.518 e. The summed E-state index contributed by atoms with van der Waals surface area (Å²) >= 11 is 0. The zero-order valence-electron chi connectivity index (χ0n) is 30.4. The largest absolute Gasteiger partial charge is 2.00 e. The fourth-order valence-electron chi connectivity index (χ4n) is 7.29. The third-order valence-electron chi connectivity index (χ3n) is 10.4. The van der Waals surface area contributed by atoms with E-state index >= 15 is 0 Å². The minimum absolute atomic E-state index is 0. The topological polar surface area (TPSA) is 48.6 Å². The molecular weight excluding hydrogens is 786 g/mol. The van der Waals surface area contributed by atoms with Gasteiger partial charge in [-0.25, -0.2) is 4.98 Å². The Morgan fingerprint density at radius 1 is 0.857 bits per heavy atom. The monoisotopic (exact) mass is 834 g/mol. The molecule has 5 aromatic rings. The summed E-state index contributed by atoms with van der Waals surface area (Å²) in [5, 5.41) is 2.30. The van der Waals surface area contributed by atoms with E-state index in [0.717, 1.165) is 33.4 Å². The molecule has 1 fully saturated rings. The Hall–Kier alpha value is -3.43. The molecule has 0 amide bonds. The third kappa shape index (κ3) is 6.85. The summed E-state index contributed by atoms with van der Waals surface area (Å²) in [5.41, 5.74) is 6.41. The SMILES string of the molecule is CC(C)c1cc(Oc2[c-]c3c(cc2)c2cc(C(C)(C)C)ccc2n3-c2cc(C(C)(C)C)ccn2)[c-]c(C2=N[C@](C)(C3CCCC3)CO2)c1.[Pt+2]. The number of nitrogens with zero attached hydrogens (tertiary/aromatic N) is 3. The molecule has 0 unspecified atom stereocenters. The first kappa shape index (κ1) is 35.4. The van der Waals surface area contributed by atoms with E-state index in [-0.39, 0.29) is 37.4 Å². The van der Waals surface area contributed by atoms with E-state index in [1.807, 2.05) is 12.3 Å². The molecule has 0 spiro atoms. The molecule has 3 aromatic carbocycles. The predicted octanol–water partition coefficient (Wildman–Crippen LogP) is 11.0. The van der Waals surface area contributed by atoms with Crippen molar-refractivity contribution < 1.29 is 30.5 Å². The number of benzene rings is 3. The van der Waals surface area contributed by atoms with Crippen molar-refractivity contribution in [3.05, 3.63) is 95.2 Å². The van der Waals surface area contributed by atoms with Crippen molar-refractivity contribution >= 4 is 27.7 Å². The van der Waals surface area contributed by atoms with Gasteiger partial charge in [0.25, 0.3) is 0 Å². The van der Waals surface area contributed by atoms with Crippen molar-refractivity contribution in [2.75, 3.05) is 6.61 Å². The molecule has 2 aliphatic rings. The molecule has 258 valence electrons. The molecule has 49 heavy (non-hydrogen) atoms. The number of hydrogen-bond donors (Lipinski definition) is 0. The fourth-order valence-corrected chi connectivity index (χ4v) is 7.29. The summed E-state index contributed by atoms with van der Waals surface area (Å²) < 4.78 is 15.1. The first-order valence-corrected chi connectivity index (χ1v) is 17.7. The van der Waals surface area contributed by atoms with Gasteiger partial charge in [0.15, 0.2) is 0 Å². The maximum absolute atomic E-state index is 6.62. The van der Waals surface area contributed by atoms with Crippen LogP contribution in [0.4, 0.5) is 0 Å². The number of aliphatic imine (C=N–C) groups is 1. The van der Waals surface area contributed by atoms with Crippen LogP contribution >= 0.6 is 0 Å². The molecule has 3 heterocycles. The molecule has 1 atom stereocenters. The third-order valence-corrected chi connectivity index (χ3v) is 10.4. The van der Waals surface area contributed by atoms with E-state index in [9.17, 15) is 0 Å². The molecule has 1 saturated carbocycles. The van der Waals surface area contributed by atoms with Gasteiger partial charge in [0, 0.05) is 23.2 Å². The van der Waals surface area contributed by atoms with Gasteiger partial charge in [0.2, 0.25) is 0 Å². The Morgan fingerprint density at radius 2 is 1.57 bits per heavy atom. The van der Waals surface area contributed by atoms with Crippen LogP contribution in [0.2, 0.25) is 0 Å². The van der Waals surface area contributed by atoms with Crippen LogP contribution in [0.1, 0.15) is 116 Å². The number of hydrogen-bond acceptors (Lipinski definition) is 4. The van der Waals surface area contributed by atoms with Crippen LogP contribution in [0.5, 0.6) is 11.5 Å². The predicted molar refractivity (Wildman–Crippen MR) is 197 cm³/mol.